The van der Waals surface area contributed by atoms with Gasteiger partial charge in [-0.1, -0.05) is 18.2 Å². The molecule has 3 rings (SSSR count). The van der Waals surface area contributed by atoms with Crippen molar-refractivity contribution in [2.24, 2.45) is 0 Å². The lowest BCUT2D eigenvalue weighted by molar-refractivity contribution is 0.0946. The van der Waals surface area contributed by atoms with Crippen molar-refractivity contribution in [2.75, 3.05) is 12.8 Å². The van der Waals surface area contributed by atoms with Crippen LogP contribution in [0.4, 0.5) is 5.82 Å². The Labute approximate surface area is 132 Å². The molecule has 116 valence electrons. The minimum atomic E-state index is -0.379. The van der Waals surface area contributed by atoms with Crippen molar-refractivity contribution in [2.45, 2.75) is 6.54 Å². The van der Waals surface area contributed by atoms with E-state index in [1.807, 2.05) is 24.3 Å². The molecular weight excluding hydrogens is 294 g/mol. The number of anilines is 1. The lowest BCUT2D eigenvalue weighted by atomic mass is 10.1. The predicted molar refractivity (Wildman–Crippen MR) is 85.9 cm³/mol. The minimum absolute atomic E-state index is 0.0992. The van der Waals surface area contributed by atoms with E-state index in [-0.39, 0.29) is 17.4 Å². The number of carbonyl (C=O) groups is 1. The van der Waals surface area contributed by atoms with Crippen LogP contribution >= 0.6 is 0 Å². The van der Waals surface area contributed by atoms with Crippen molar-refractivity contribution < 1.29 is 9.53 Å². The first kappa shape index (κ1) is 14.7. The molecule has 0 aliphatic rings. The maximum absolute atomic E-state index is 12.2. The van der Waals surface area contributed by atoms with E-state index >= 15 is 0 Å². The zero-order chi connectivity index (χ0) is 16.2. The summed E-state index contributed by atoms with van der Waals surface area (Å²) in [4.78, 5) is 24.4. The third-order valence-corrected chi connectivity index (χ3v) is 3.37. The number of fused-ring (bicyclic) bond motifs is 1. The van der Waals surface area contributed by atoms with Crippen LogP contribution in [0.3, 0.4) is 0 Å². The van der Waals surface area contributed by atoms with E-state index in [9.17, 15) is 4.79 Å². The Bertz CT molecular complexity index is 866. The fourth-order valence-corrected chi connectivity index (χ4v) is 2.25. The zero-order valence-corrected chi connectivity index (χ0v) is 12.5. The second-order valence-electron chi connectivity index (χ2n) is 4.81. The second-order valence-corrected chi connectivity index (χ2v) is 4.81. The number of carbonyl (C=O) groups excluding carboxylic acids is 1. The van der Waals surface area contributed by atoms with Gasteiger partial charge in [0.05, 0.1) is 12.6 Å². The molecule has 0 atom stereocenters. The molecule has 2 aromatic heterocycles. The monoisotopic (exact) mass is 309 g/mol. The van der Waals surface area contributed by atoms with Gasteiger partial charge in [0.25, 0.3) is 5.91 Å². The van der Waals surface area contributed by atoms with Crippen molar-refractivity contribution in [3.63, 3.8) is 0 Å². The number of nitrogens with one attached hydrogen (secondary N) is 1. The van der Waals surface area contributed by atoms with Gasteiger partial charge in [-0.25, -0.2) is 15.0 Å². The van der Waals surface area contributed by atoms with Gasteiger partial charge in [-0.05, 0) is 11.6 Å². The molecule has 7 nitrogen and oxygen atoms in total. The molecule has 0 aliphatic carbocycles. The van der Waals surface area contributed by atoms with Gasteiger partial charge in [0.15, 0.2) is 11.5 Å². The molecule has 0 unspecified atom stereocenters. The highest BCUT2D eigenvalue weighted by Crippen LogP contribution is 2.21. The van der Waals surface area contributed by atoms with Gasteiger partial charge in [-0.15, -0.1) is 0 Å². The SMILES string of the molecule is COc1cc(CNC(=O)c2nccnc2N)c2ccccc2n1. The standard InChI is InChI=1S/C16H15N5O2/c1-23-13-8-10(11-4-2-3-5-12(11)21-13)9-20-16(22)14-15(17)19-7-6-18-14/h2-8H,9H2,1H3,(H2,17,19)(H,20,22). The summed E-state index contributed by atoms with van der Waals surface area (Å²) in [6.45, 7) is 0.300. The van der Waals surface area contributed by atoms with E-state index in [1.54, 1.807) is 13.2 Å². The van der Waals surface area contributed by atoms with Crippen molar-refractivity contribution in [1.29, 1.82) is 0 Å². The van der Waals surface area contributed by atoms with Crippen molar-refractivity contribution in [1.82, 2.24) is 20.3 Å². The van der Waals surface area contributed by atoms with Gasteiger partial charge in [0.1, 0.15) is 0 Å². The van der Waals surface area contributed by atoms with E-state index in [0.29, 0.717) is 12.4 Å². The van der Waals surface area contributed by atoms with E-state index < -0.39 is 0 Å². The largest absolute Gasteiger partial charge is 0.481 e. The van der Waals surface area contributed by atoms with Crippen LogP contribution in [0.2, 0.25) is 0 Å². The predicted octanol–water partition coefficient (Wildman–Crippen LogP) is 1.55. The van der Waals surface area contributed by atoms with Crippen molar-refractivity contribution >= 4 is 22.6 Å². The molecule has 23 heavy (non-hydrogen) atoms. The number of nitrogens with two attached hydrogens (primary N) is 1. The number of hydrogen-bond donors (Lipinski definition) is 2. The first-order chi connectivity index (χ1) is 11.2. The average molecular weight is 309 g/mol. The van der Waals surface area contributed by atoms with Crippen LogP contribution in [0.1, 0.15) is 16.1 Å². The Balaban J connectivity index is 1.87. The summed E-state index contributed by atoms with van der Waals surface area (Å²) in [5.41, 5.74) is 7.46. The Morgan fingerprint density at radius 2 is 2.04 bits per heavy atom. The number of para-hydroxylation sites is 1. The van der Waals surface area contributed by atoms with Crippen LogP contribution < -0.4 is 15.8 Å². The maximum atomic E-state index is 12.2. The Hall–Kier alpha value is -3.22. The molecule has 0 fully saturated rings. The molecule has 0 saturated heterocycles. The summed E-state index contributed by atoms with van der Waals surface area (Å²) in [6.07, 6.45) is 2.86. The van der Waals surface area contributed by atoms with Gasteiger partial charge in [0.2, 0.25) is 5.88 Å². The van der Waals surface area contributed by atoms with Gasteiger partial charge in [0, 0.05) is 30.4 Å². The zero-order valence-electron chi connectivity index (χ0n) is 12.5. The van der Waals surface area contributed by atoms with E-state index in [4.69, 9.17) is 10.5 Å². The molecule has 1 aromatic carbocycles. The fraction of sp³-hybridized carbons (Fsp3) is 0.125. The third kappa shape index (κ3) is 3.03. The molecule has 0 radical (unpaired) electrons. The second kappa shape index (κ2) is 6.27. The molecule has 7 heteroatoms. The molecule has 2 heterocycles. The summed E-state index contributed by atoms with van der Waals surface area (Å²) in [7, 11) is 1.56. The number of methoxy groups -OCH3 is 1. The number of hydrogen-bond acceptors (Lipinski definition) is 6. The van der Waals surface area contributed by atoms with Gasteiger partial charge < -0.3 is 15.8 Å². The van der Waals surface area contributed by atoms with Gasteiger partial charge in [-0.2, -0.15) is 0 Å². The Morgan fingerprint density at radius 3 is 2.83 bits per heavy atom. The number of nitrogen functional groups attached to an aromatic ring is 1. The number of aromatic nitrogens is 3. The molecule has 0 saturated carbocycles. The van der Waals surface area contributed by atoms with E-state index in [2.05, 4.69) is 20.3 Å². The van der Waals surface area contributed by atoms with Crippen LogP contribution in [0.25, 0.3) is 10.9 Å². The van der Waals surface area contributed by atoms with Crippen LogP contribution in [0.15, 0.2) is 42.7 Å². The average Bonchev–Trinajstić information content (AvgIpc) is 2.59. The molecule has 0 aliphatic heterocycles. The third-order valence-electron chi connectivity index (χ3n) is 3.37. The Kier molecular flexibility index (Phi) is 4.01. The number of amides is 1. The fourth-order valence-electron chi connectivity index (χ4n) is 2.25. The molecule has 1 amide bonds. The first-order valence-electron chi connectivity index (χ1n) is 6.96. The van der Waals surface area contributed by atoms with E-state index in [1.165, 1.54) is 12.4 Å². The van der Waals surface area contributed by atoms with Crippen LogP contribution in [0, 0.1) is 0 Å². The summed E-state index contributed by atoms with van der Waals surface area (Å²) in [5, 5.41) is 3.74. The molecular formula is C16H15N5O2. The molecule has 0 spiro atoms. The van der Waals surface area contributed by atoms with Crippen LogP contribution in [0.5, 0.6) is 5.88 Å². The number of rotatable bonds is 4. The normalized spacial score (nSPS) is 10.5. The van der Waals surface area contributed by atoms with Crippen LogP contribution in [-0.2, 0) is 6.54 Å². The highest BCUT2D eigenvalue weighted by molar-refractivity contribution is 5.96. The summed E-state index contributed by atoms with van der Waals surface area (Å²) in [5.74, 6) is 0.213. The number of benzene rings is 1. The first-order valence-corrected chi connectivity index (χ1v) is 6.96. The smallest absolute Gasteiger partial charge is 0.273 e. The van der Waals surface area contributed by atoms with E-state index in [0.717, 1.165) is 16.5 Å². The molecule has 0 bridgehead atoms. The number of ether oxygens (including phenoxy) is 1. The van der Waals surface area contributed by atoms with Crippen molar-refractivity contribution in [3.8, 4) is 5.88 Å². The van der Waals surface area contributed by atoms with Gasteiger partial charge in [-0.3, -0.25) is 4.79 Å². The minimum Gasteiger partial charge on any atom is -0.481 e. The van der Waals surface area contributed by atoms with Crippen LogP contribution in [-0.4, -0.2) is 28.0 Å². The quantitative estimate of drug-likeness (QED) is 0.758. The highest BCUT2D eigenvalue weighted by atomic mass is 16.5. The Morgan fingerprint density at radius 1 is 1.26 bits per heavy atom. The summed E-state index contributed by atoms with van der Waals surface area (Å²) >= 11 is 0. The van der Waals surface area contributed by atoms with Gasteiger partial charge >= 0.3 is 0 Å². The summed E-state index contributed by atoms with van der Waals surface area (Å²) in [6, 6.07) is 9.45. The lowest BCUT2D eigenvalue weighted by Crippen LogP contribution is -2.25. The number of pyridine rings is 1. The number of nitrogens with zero attached hydrogens (tertiary/aromatic N) is 3. The lowest BCUT2D eigenvalue weighted by Gasteiger charge is -2.10. The van der Waals surface area contributed by atoms with Crippen molar-refractivity contribution in [3.05, 3.63) is 54.0 Å². The maximum Gasteiger partial charge on any atom is 0.273 e. The summed E-state index contributed by atoms with van der Waals surface area (Å²) < 4.78 is 5.21. The molecule has 3 N–H and O–H groups in total. The highest BCUT2D eigenvalue weighted by Gasteiger charge is 2.13. The molecule has 3 aromatic rings. The topological polar surface area (TPSA) is 103 Å².